The lowest BCUT2D eigenvalue weighted by Gasteiger charge is -2.30. The first kappa shape index (κ1) is 18.3. The first-order valence-corrected chi connectivity index (χ1v) is 6.95. The van der Waals surface area contributed by atoms with Crippen molar-refractivity contribution in [2.24, 2.45) is 11.8 Å². The van der Waals surface area contributed by atoms with Gasteiger partial charge in [-0.15, -0.1) is 0 Å². The minimum absolute atomic E-state index is 0.464. The average molecular weight is 232 g/mol. The summed E-state index contributed by atoms with van der Waals surface area (Å²) in [5.41, 5.74) is 0. The van der Waals surface area contributed by atoms with E-state index in [0.29, 0.717) is 11.8 Å². The van der Waals surface area contributed by atoms with Crippen LogP contribution in [0.15, 0.2) is 0 Å². The average Bonchev–Trinajstić information content (AvgIpc) is 2.28. The van der Waals surface area contributed by atoms with Crippen LogP contribution in [-0.2, 0) is 0 Å². The largest absolute Gasteiger partial charge is 0.390 e. The number of hydrogen-bond acceptors (Lipinski definition) is 2. The number of rotatable bonds is 2. The Morgan fingerprint density at radius 2 is 1.44 bits per heavy atom. The van der Waals surface area contributed by atoms with E-state index in [2.05, 4.69) is 13.8 Å². The Hall–Kier alpha value is -0.0800. The molecule has 0 aliphatic heterocycles. The van der Waals surface area contributed by atoms with Crippen LogP contribution in [-0.4, -0.2) is 22.4 Å². The van der Waals surface area contributed by atoms with Gasteiger partial charge in [-0.2, -0.15) is 0 Å². The van der Waals surface area contributed by atoms with E-state index >= 15 is 0 Å². The molecule has 0 heterocycles. The van der Waals surface area contributed by atoms with Crippen molar-refractivity contribution in [2.75, 3.05) is 0 Å². The van der Waals surface area contributed by atoms with Gasteiger partial charge in [-0.05, 0) is 37.5 Å². The van der Waals surface area contributed by atoms with E-state index < -0.39 is 12.2 Å². The molecular formula is C14H32O2. The van der Waals surface area contributed by atoms with Crippen molar-refractivity contribution < 1.29 is 10.2 Å². The molecule has 1 fully saturated rings. The molecule has 0 aromatic carbocycles. The predicted molar refractivity (Wildman–Crippen MR) is 71.5 cm³/mol. The van der Waals surface area contributed by atoms with Gasteiger partial charge < -0.3 is 10.2 Å². The summed E-state index contributed by atoms with van der Waals surface area (Å²) in [6.45, 7) is 12.4. The maximum Gasteiger partial charge on any atom is 0.0801 e. The third-order valence-electron chi connectivity index (χ3n) is 2.69. The van der Waals surface area contributed by atoms with Crippen LogP contribution in [0.25, 0.3) is 0 Å². The smallest absolute Gasteiger partial charge is 0.0801 e. The summed E-state index contributed by atoms with van der Waals surface area (Å²) >= 11 is 0. The lowest BCUT2D eigenvalue weighted by atomic mass is 9.81. The van der Waals surface area contributed by atoms with E-state index in [4.69, 9.17) is 0 Å². The van der Waals surface area contributed by atoms with Crippen LogP contribution in [0, 0.1) is 11.8 Å². The Balaban J connectivity index is 0. The van der Waals surface area contributed by atoms with E-state index in [9.17, 15) is 10.2 Å². The molecule has 2 N–H and O–H groups in total. The SMILES string of the molecule is CC.CC.CC(C)CC1CCC(O)C(O)C1. The molecule has 0 radical (unpaired) electrons. The quantitative estimate of drug-likeness (QED) is 0.763. The summed E-state index contributed by atoms with van der Waals surface area (Å²) in [6, 6.07) is 0. The molecule has 3 unspecified atom stereocenters. The standard InChI is InChI=1S/C10H20O2.2C2H6/c1-7(2)5-8-3-4-9(11)10(12)6-8;2*1-2/h7-12H,3-6H2,1-2H3;2*1-2H3. The molecule has 1 aliphatic rings. The maximum absolute atomic E-state index is 9.41. The lowest BCUT2D eigenvalue weighted by Crippen LogP contribution is -2.33. The molecule has 0 aromatic rings. The van der Waals surface area contributed by atoms with Gasteiger partial charge in [0.1, 0.15) is 0 Å². The fourth-order valence-corrected chi connectivity index (χ4v) is 2.10. The van der Waals surface area contributed by atoms with E-state index in [0.717, 1.165) is 19.3 Å². The molecule has 3 atom stereocenters. The molecule has 16 heavy (non-hydrogen) atoms. The topological polar surface area (TPSA) is 40.5 Å². The molecule has 0 spiro atoms. The van der Waals surface area contributed by atoms with Gasteiger partial charge in [0.05, 0.1) is 12.2 Å². The van der Waals surface area contributed by atoms with Gasteiger partial charge in [0, 0.05) is 0 Å². The summed E-state index contributed by atoms with van der Waals surface area (Å²) in [4.78, 5) is 0. The summed E-state index contributed by atoms with van der Waals surface area (Å²) < 4.78 is 0. The van der Waals surface area contributed by atoms with E-state index in [1.54, 1.807) is 0 Å². The van der Waals surface area contributed by atoms with Crippen molar-refractivity contribution >= 4 is 0 Å². The van der Waals surface area contributed by atoms with Gasteiger partial charge in [0.2, 0.25) is 0 Å². The van der Waals surface area contributed by atoms with Crippen molar-refractivity contribution in [1.29, 1.82) is 0 Å². The zero-order chi connectivity index (χ0) is 13.1. The Kier molecular flexibility index (Phi) is 13.0. The van der Waals surface area contributed by atoms with Crippen LogP contribution >= 0.6 is 0 Å². The van der Waals surface area contributed by atoms with Gasteiger partial charge in [0.25, 0.3) is 0 Å². The van der Waals surface area contributed by atoms with Crippen molar-refractivity contribution in [3.8, 4) is 0 Å². The zero-order valence-electron chi connectivity index (χ0n) is 12.0. The third-order valence-corrected chi connectivity index (χ3v) is 2.69. The number of hydrogen-bond donors (Lipinski definition) is 2. The monoisotopic (exact) mass is 232 g/mol. The summed E-state index contributed by atoms with van der Waals surface area (Å²) in [5, 5.41) is 18.7. The molecule has 100 valence electrons. The molecule has 1 aliphatic carbocycles. The van der Waals surface area contributed by atoms with Gasteiger partial charge in [-0.3, -0.25) is 0 Å². The zero-order valence-corrected chi connectivity index (χ0v) is 12.0. The Morgan fingerprint density at radius 3 is 1.81 bits per heavy atom. The molecule has 0 amide bonds. The van der Waals surface area contributed by atoms with Gasteiger partial charge in [-0.1, -0.05) is 41.5 Å². The van der Waals surface area contributed by atoms with Gasteiger partial charge >= 0.3 is 0 Å². The molecule has 0 saturated heterocycles. The van der Waals surface area contributed by atoms with Crippen LogP contribution in [0.3, 0.4) is 0 Å². The van der Waals surface area contributed by atoms with E-state index in [1.807, 2.05) is 27.7 Å². The van der Waals surface area contributed by atoms with Crippen LogP contribution in [0.5, 0.6) is 0 Å². The van der Waals surface area contributed by atoms with Crippen LogP contribution in [0.1, 0.15) is 67.2 Å². The summed E-state index contributed by atoms with van der Waals surface area (Å²) in [7, 11) is 0. The van der Waals surface area contributed by atoms with E-state index in [-0.39, 0.29) is 0 Å². The molecule has 2 heteroatoms. The second kappa shape index (κ2) is 11.4. The lowest BCUT2D eigenvalue weighted by molar-refractivity contribution is -0.0280. The van der Waals surface area contributed by atoms with Crippen LogP contribution in [0.4, 0.5) is 0 Å². The molecule has 0 aromatic heterocycles. The summed E-state index contributed by atoms with van der Waals surface area (Å²) in [6.07, 6.45) is 2.90. The second-order valence-electron chi connectivity index (χ2n) is 4.44. The number of aliphatic hydroxyl groups excluding tert-OH is 2. The molecule has 0 bridgehead atoms. The Labute approximate surface area is 102 Å². The third kappa shape index (κ3) is 8.12. The highest BCUT2D eigenvalue weighted by Gasteiger charge is 2.27. The maximum atomic E-state index is 9.41. The molecule has 2 nitrogen and oxygen atoms in total. The fraction of sp³-hybridized carbons (Fsp3) is 1.00. The number of aliphatic hydroxyl groups is 2. The van der Waals surface area contributed by atoms with Crippen molar-refractivity contribution in [2.45, 2.75) is 79.4 Å². The van der Waals surface area contributed by atoms with Crippen molar-refractivity contribution in [3.05, 3.63) is 0 Å². The minimum Gasteiger partial charge on any atom is -0.390 e. The van der Waals surface area contributed by atoms with Gasteiger partial charge in [0.15, 0.2) is 0 Å². The predicted octanol–water partition coefficient (Wildman–Crippen LogP) is 3.61. The Bertz CT molecular complexity index is 135. The fourth-order valence-electron chi connectivity index (χ4n) is 2.10. The van der Waals surface area contributed by atoms with E-state index in [1.165, 1.54) is 6.42 Å². The second-order valence-corrected chi connectivity index (χ2v) is 4.44. The molecular weight excluding hydrogens is 200 g/mol. The first-order chi connectivity index (χ1) is 7.59. The highest BCUT2D eigenvalue weighted by molar-refractivity contribution is 4.79. The normalized spacial score (nSPS) is 28.7. The first-order valence-electron chi connectivity index (χ1n) is 6.95. The van der Waals surface area contributed by atoms with Crippen molar-refractivity contribution in [3.63, 3.8) is 0 Å². The van der Waals surface area contributed by atoms with Gasteiger partial charge in [-0.25, -0.2) is 0 Å². The summed E-state index contributed by atoms with van der Waals surface area (Å²) in [5.74, 6) is 1.33. The highest BCUT2D eigenvalue weighted by atomic mass is 16.3. The Morgan fingerprint density at radius 1 is 0.938 bits per heavy atom. The highest BCUT2D eigenvalue weighted by Crippen LogP contribution is 2.29. The molecule has 1 rings (SSSR count). The van der Waals surface area contributed by atoms with Crippen molar-refractivity contribution in [1.82, 2.24) is 0 Å². The van der Waals surface area contributed by atoms with Crippen LogP contribution < -0.4 is 0 Å². The molecule has 1 saturated carbocycles. The van der Waals surface area contributed by atoms with Crippen LogP contribution in [0.2, 0.25) is 0 Å². The minimum atomic E-state index is -0.470.